The van der Waals surface area contributed by atoms with Crippen LogP contribution < -0.4 is 15.8 Å². The number of nitrogens with one attached hydrogen (secondary N) is 2. The van der Waals surface area contributed by atoms with Crippen molar-refractivity contribution < 1.29 is 4.74 Å². The van der Waals surface area contributed by atoms with E-state index in [0.29, 0.717) is 24.2 Å². The van der Waals surface area contributed by atoms with Crippen molar-refractivity contribution in [3.63, 3.8) is 0 Å². The fourth-order valence-corrected chi connectivity index (χ4v) is 2.97. The summed E-state index contributed by atoms with van der Waals surface area (Å²) in [4.78, 5) is 8.89. The summed E-state index contributed by atoms with van der Waals surface area (Å²) in [6.45, 7) is 4.57. The lowest BCUT2D eigenvalue weighted by Gasteiger charge is -2.14. The van der Waals surface area contributed by atoms with Gasteiger partial charge in [0, 0.05) is 11.3 Å². The molecule has 0 aliphatic carbocycles. The monoisotopic (exact) mass is 506 g/mol. The highest BCUT2D eigenvalue weighted by Gasteiger charge is 2.08. The van der Waals surface area contributed by atoms with Crippen molar-refractivity contribution >= 4 is 35.6 Å². The predicted octanol–water partition coefficient (Wildman–Crippen LogP) is 4.15. The van der Waals surface area contributed by atoms with Crippen LogP contribution in [-0.4, -0.2) is 28.3 Å². The highest BCUT2D eigenvalue weighted by Crippen LogP contribution is 2.22. The van der Waals surface area contributed by atoms with Crippen LogP contribution in [-0.2, 0) is 19.4 Å². The van der Waals surface area contributed by atoms with Crippen molar-refractivity contribution in [1.29, 1.82) is 0 Å². The summed E-state index contributed by atoms with van der Waals surface area (Å²) in [5.74, 6) is 2.42. The maximum atomic E-state index is 6.11. The zero-order chi connectivity index (χ0) is 19.9. The van der Waals surface area contributed by atoms with E-state index in [1.54, 1.807) is 7.11 Å². The Labute approximate surface area is 188 Å². The Balaban J connectivity index is 0.00000300. The number of guanidine groups is 1. The molecule has 4 N–H and O–H groups in total. The molecule has 0 saturated carbocycles. The summed E-state index contributed by atoms with van der Waals surface area (Å²) in [5, 5.41) is 10.4. The van der Waals surface area contributed by atoms with Crippen LogP contribution in [0.4, 0.5) is 5.69 Å². The average Bonchev–Trinajstić information content (AvgIpc) is 3.21. The number of halogens is 1. The number of anilines is 1. The number of nitrogens with zero attached hydrogens (tertiary/aromatic N) is 3. The van der Waals surface area contributed by atoms with Gasteiger partial charge in [-0.1, -0.05) is 32.0 Å². The SMILES string of the molecule is CCc1cccc(CC)c1NC(N)=NCc1nc(-c2ccc(OC)cc2)n[nH]1.I. The van der Waals surface area contributed by atoms with Crippen molar-refractivity contribution in [1.82, 2.24) is 15.2 Å². The number of rotatable bonds is 7. The standard InChI is InChI=1S/C21H26N6O.HI/c1-4-14-7-6-8-15(5-2)19(14)25-21(22)23-13-18-24-20(27-26-18)16-9-11-17(28-3)12-10-16;/h6-12H,4-5,13H2,1-3H3,(H3,22,23,25)(H,24,26,27);1H. The molecule has 8 heteroatoms. The number of methoxy groups -OCH3 is 1. The van der Waals surface area contributed by atoms with E-state index in [1.807, 2.05) is 24.3 Å². The van der Waals surface area contributed by atoms with E-state index < -0.39 is 0 Å². The number of aromatic amines is 1. The Morgan fingerprint density at radius 2 is 1.76 bits per heavy atom. The number of aryl methyl sites for hydroxylation is 2. The van der Waals surface area contributed by atoms with Crippen LogP contribution in [0, 0.1) is 0 Å². The Morgan fingerprint density at radius 3 is 2.34 bits per heavy atom. The van der Waals surface area contributed by atoms with Crippen molar-refractivity contribution in [2.24, 2.45) is 10.7 Å². The molecule has 0 bridgehead atoms. The minimum atomic E-state index is 0. The first-order chi connectivity index (χ1) is 13.6. The Kier molecular flexibility index (Phi) is 8.44. The molecule has 154 valence electrons. The molecule has 3 aromatic rings. The molecule has 0 aliphatic heterocycles. The summed E-state index contributed by atoms with van der Waals surface area (Å²) in [6, 6.07) is 13.9. The number of aromatic nitrogens is 3. The van der Waals surface area contributed by atoms with Gasteiger partial charge < -0.3 is 15.8 Å². The molecule has 7 nitrogen and oxygen atoms in total. The first-order valence-electron chi connectivity index (χ1n) is 9.38. The second kappa shape index (κ2) is 10.8. The lowest BCUT2D eigenvalue weighted by atomic mass is 10.0. The van der Waals surface area contributed by atoms with E-state index in [-0.39, 0.29) is 24.0 Å². The first kappa shape index (κ1) is 22.7. The topological polar surface area (TPSA) is 101 Å². The van der Waals surface area contributed by atoms with Crippen LogP contribution in [0.5, 0.6) is 5.75 Å². The molecule has 0 aliphatic rings. The zero-order valence-electron chi connectivity index (χ0n) is 16.9. The first-order valence-corrected chi connectivity index (χ1v) is 9.38. The lowest BCUT2D eigenvalue weighted by molar-refractivity contribution is 0.415. The molecule has 1 aromatic heterocycles. The number of H-pyrrole nitrogens is 1. The van der Waals surface area contributed by atoms with E-state index in [9.17, 15) is 0 Å². The predicted molar refractivity (Wildman–Crippen MR) is 128 cm³/mol. The van der Waals surface area contributed by atoms with Gasteiger partial charge in [0.25, 0.3) is 0 Å². The van der Waals surface area contributed by atoms with E-state index in [1.165, 1.54) is 11.1 Å². The minimum absolute atomic E-state index is 0. The van der Waals surface area contributed by atoms with Gasteiger partial charge in [0.15, 0.2) is 11.8 Å². The number of aliphatic imine (C=N–C) groups is 1. The number of hydrogen-bond acceptors (Lipinski definition) is 4. The van der Waals surface area contributed by atoms with Crippen LogP contribution in [0.15, 0.2) is 47.5 Å². The molecule has 0 amide bonds. The molecular weight excluding hydrogens is 479 g/mol. The zero-order valence-corrected chi connectivity index (χ0v) is 19.2. The van der Waals surface area contributed by atoms with Crippen molar-refractivity contribution in [2.45, 2.75) is 33.2 Å². The van der Waals surface area contributed by atoms with Crippen LogP contribution in [0.1, 0.15) is 30.8 Å². The molecule has 0 spiro atoms. The van der Waals surface area contributed by atoms with Crippen molar-refractivity contribution in [3.8, 4) is 17.1 Å². The maximum absolute atomic E-state index is 6.11. The second-order valence-corrected chi connectivity index (χ2v) is 6.32. The normalized spacial score (nSPS) is 11.1. The summed E-state index contributed by atoms with van der Waals surface area (Å²) in [7, 11) is 1.64. The number of benzene rings is 2. The van der Waals surface area contributed by atoms with Crippen LogP contribution >= 0.6 is 24.0 Å². The van der Waals surface area contributed by atoms with Gasteiger partial charge in [-0.25, -0.2) is 9.98 Å². The van der Waals surface area contributed by atoms with Crippen molar-refractivity contribution in [2.75, 3.05) is 12.4 Å². The molecule has 0 saturated heterocycles. The third-order valence-corrected chi connectivity index (χ3v) is 4.53. The van der Waals surface area contributed by atoms with Crippen LogP contribution in [0.2, 0.25) is 0 Å². The van der Waals surface area contributed by atoms with Gasteiger partial charge in [0.2, 0.25) is 0 Å². The van der Waals surface area contributed by atoms with E-state index in [0.717, 1.165) is 29.8 Å². The summed E-state index contributed by atoms with van der Waals surface area (Å²) in [6.07, 6.45) is 1.85. The van der Waals surface area contributed by atoms with Gasteiger partial charge in [-0.3, -0.25) is 5.10 Å². The van der Waals surface area contributed by atoms with Gasteiger partial charge in [0.1, 0.15) is 18.1 Å². The smallest absolute Gasteiger partial charge is 0.193 e. The molecule has 29 heavy (non-hydrogen) atoms. The quantitative estimate of drug-likeness (QED) is 0.254. The van der Waals surface area contributed by atoms with Gasteiger partial charge in [-0.05, 0) is 48.2 Å². The maximum Gasteiger partial charge on any atom is 0.193 e. The molecule has 0 atom stereocenters. The molecule has 0 fully saturated rings. The minimum Gasteiger partial charge on any atom is -0.497 e. The Morgan fingerprint density at radius 1 is 1.10 bits per heavy atom. The molecule has 2 aromatic carbocycles. The molecule has 0 radical (unpaired) electrons. The molecule has 1 heterocycles. The average molecular weight is 506 g/mol. The second-order valence-electron chi connectivity index (χ2n) is 6.32. The lowest BCUT2D eigenvalue weighted by Crippen LogP contribution is -2.24. The third kappa shape index (κ3) is 5.69. The number of hydrogen-bond donors (Lipinski definition) is 3. The van der Waals surface area contributed by atoms with Crippen molar-refractivity contribution in [3.05, 3.63) is 59.4 Å². The fraction of sp³-hybridized carbons (Fsp3) is 0.286. The van der Waals surface area contributed by atoms with E-state index >= 15 is 0 Å². The molecular formula is C21H27IN6O. The molecule has 0 unspecified atom stereocenters. The van der Waals surface area contributed by atoms with Gasteiger partial charge in [0.05, 0.1) is 7.11 Å². The van der Waals surface area contributed by atoms with E-state index in [4.69, 9.17) is 10.5 Å². The van der Waals surface area contributed by atoms with Crippen LogP contribution in [0.25, 0.3) is 11.4 Å². The highest BCUT2D eigenvalue weighted by molar-refractivity contribution is 14.0. The summed E-state index contributed by atoms with van der Waals surface area (Å²) < 4.78 is 5.17. The summed E-state index contributed by atoms with van der Waals surface area (Å²) in [5.41, 5.74) is 10.5. The third-order valence-electron chi connectivity index (χ3n) is 4.53. The fourth-order valence-electron chi connectivity index (χ4n) is 2.97. The Hall–Kier alpha value is -2.62. The van der Waals surface area contributed by atoms with Gasteiger partial charge >= 0.3 is 0 Å². The highest BCUT2D eigenvalue weighted by atomic mass is 127. The van der Waals surface area contributed by atoms with E-state index in [2.05, 4.69) is 57.5 Å². The Bertz CT molecular complexity index is 930. The van der Waals surface area contributed by atoms with Crippen LogP contribution in [0.3, 0.4) is 0 Å². The number of para-hydroxylation sites is 1. The summed E-state index contributed by atoms with van der Waals surface area (Å²) >= 11 is 0. The van der Waals surface area contributed by atoms with Gasteiger partial charge in [-0.15, -0.1) is 24.0 Å². The largest absolute Gasteiger partial charge is 0.497 e. The van der Waals surface area contributed by atoms with Gasteiger partial charge in [-0.2, -0.15) is 5.10 Å². The molecule has 3 rings (SSSR count). The number of ether oxygens (including phenoxy) is 1. The number of nitrogens with two attached hydrogens (primary N) is 1.